The average molecular weight is 353 g/mol. The van der Waals surface area contributed by atoms with Gasteiger partial charge in [0.05, 0.1) is 6.04 Å². The Morgan fingerprint density at radius 1 is 1.08 bits per heavy atom. The number of carbonyl (C=O) groups excluding carboxylic acids is 1. The van der Waals surface area contributed by atoms with Crippen molar-refractivity contribution < 1.29 is 24.2 Å². The van der Waals surface area contributed by atoms with Crippen molar-refractivity contribution in [1.82, 2.24) is 5.32 Å². The standard InChI is InChI=1S/C20H19NO5/c22-19(23)18-17(9-10-25-18)21-20(24)26-11-16-14-7-3-1-5-12(14)13-6-2-4-8-15(13)16/h1-8,16-18H,9-11H2,(H,21,24)(H,22,23). The number of nitrogens with one attached hydrogen (secondary N) is 1. The maximum Gasteiger partial charge on any atom is 0.407 e. The molecule has 1 saturated heterocycles. The number of amides is 1. The van der Waals surface area contributed by atoms with Gasteiger partial charge in [-0.1, -0.05) is 48.5 Å². The molecule has 0 radical (unpaired) electrons. The number of ether oxygens (including phenoxy) is 2. The van der Waals surface area contributed by atoms with E-state index in [-0.39, 0.29) is 12.5 Å². The van der Waals surface area contributed by atoms with Gasteiger partial charge in [0.15, 0.2) is 6.10 Å². The highest BCUT2D eigenvalue weighted by atomic mass is 16.6. The Balaban J connectivity index is 1.45. The number of alkyl carbamates (subject to hydrolysis) is 1. The number of benzene rings is 2. The Kier molecular flexibility index (Phi) is 4.34. The number of carboxylic acids is 1. The molecule has 6 nitrogen and oxygen atoms in total. The third kappa shape index (κ3) is 2.93. The van der Waals surface area contributed by atoms with Crippen LogP contribution in [0.3, 0.4) is 0 Å². The fraction of sp³-hybridized carbons (Fsp3) is 0.300. The summed E-state index contributed by atoms with van der Waals surface area (Å²) in [5.41, 5.74) is 4.59. The van der Waals surface area contributed by atoms with Gasteiger partial charge < -0.3 is 19.9 Å². The molecule has 1 amide bonds. The molecule has 2 aliphatic rings. The van der Waals surface area contributed by atoms with Crippen LogP contribution in [0.25, 0.3) is 11.1 Å². The molecule has 4 rings (SSSR count). The van der Waals surface area contributed by atoms with E-state index in [1.807, 2.05) is 36.4 Å². The second-order valence-corrected chi connectivity index (χ2v) is 6.49. The fourth-order valence-electron chi connectivity index (χ4n) is 3.77. The smallest absolute Gasteiger partial charge is 0.407 e. The number of aliphatic carboxylic acids is 1. The molecule has 2 atom stereocenters. The number of carboxylic acid groups (broad SMARTS) is 1. The third-order valence-corrected chi connectivity index (χ3v) is 4.98. The van der Waals surface area contributed by atoms with E-state index in [1.54, 1.807) is 0 Å². The van der Waals surface area contributed by atoms with E-state index in [1.165, 1.54) is 0 Å². The second-order valence-electron chi connectivity index (χ2n) is 6.49. The van der Waals surface area contributed by atoms with E-state index < -0.39 is 24.2 Å². The van der Waals surface area contributed by atoms with Gasteiger partial charge in [0.25, 0.3) is 0 Å². The molecule has 1 fully saturated rings. The van der Waals surface area contributed by atoms with E-state index in [9.17, 15) is 9.59 Å². The monoisotopic (exact) mass is 353 g/mol. The number of hydrogen-bond donors (Lipinski definition) is 2. The van der Waals surface area contributed by atoms with Crippen molar-refractivity contribution in [2.45, 2.75) is 24.5 Å². The summed E-state index contributed by atoms with van der Waals surface area (Å²) in [6, 6.07) is 15.6. The largest absolute Gasteiger partial charge is 0.479 e. The zero-order chi connectivity index (χ0) is 18.1. The maximum atomic E-state index is 12.2. The van der Waals surface area contributed by atoms with Crippen LogP contribution in [-0.4, -0.2) is 42.5 Å². The predicted molar refractivity (Wildman–Crippen MR) is 94.0 cm³/mol. The molecule has 134 valence electrons. The predicted octanol–water partition coefficient (Wildman–Crippen LogP) is 2.77. The van der Waals surface area contributed by atoms with Crippen LogP contribution in [0.4, 0.5) is 4.79 Å². The number of carbonyl (C=O) groups is 2. The van der Waals surface area contributed by atoms with Gasteiger partial charge in [-0.15, -0.1) is 0 Å². The number of rotatable bonds is 4. The SMILES string of the molecule is O=C(NC1CCOC1C(=O)O)OCC1c2ccccc2-c2ccccc21. The van der Waals surface area contributed by atoms with Crippen molar-refractivity contribution in [3.05, 3.63) is 59.7 Å². The van der Waals surface area contributed by atoms with Crippen molar-refractivity contribution in [3.8, 4) is 11.1 Å². The molecule has 1 aliphatic carbocycles. The van der Waals surface area contributed by atoms with E-state index >= 15 is 0 Å². The summed E-state index contributed by atoms with van der Waals surface area (Å²) in [7, 11) is 0. The number of hydrogen-bond acceptors (Lipinski definition) is 4. The summed E-state index contributed by atoms with van der Waals surface area (Å²) in [4.78, 5) is 23.3. The third-order valence-electron chi connectivity index (χ3n) is 4.98. The molecule has 0 saturated carbocycles. The second kappa shape index (κ2) is 6.80. The first-order valence-corrected chi connectivity index (χ1v) is 8.61. The van der Waals surface area contributed by atoms with Gasteiger partial charge in [-0.25, -0.2) is 9.59 Å². The zero-order valence-corrected chi connectivity index (χ0v) is 14.1. The molecule has 1 aliphatic heterocycles. The highest BCUT2D eigenvalue weighted by Gasteiger charge is 2.36. The molecular weight excluding hydrogens is 334 g/mol. The summed E-state index contributed by atoms with van der Waals surface area (Å²) in [6.45, 7) is 0.510. The Hall–Kier alpha value is -2.86. The van der Waals surface area contributed by atoms with Crippen LogP contribution in [0.5, 0.6) is 0 Å². The summed E-state index contributed by atoms with van der Waals surface area (Å²) >= 11 is 0. The lowest BCUT2D eigenvalue weighted by atomic mass is 9.98. The summed E-state index contributed by atoms with van der Waals surface area (Å²) < 4.78 is 10.6. The topological polar surface area (TPSA) is 84.9 Å². The van der Waals surface area contributed by atoms with Crippen LogP contribution in [-0.2, 0) is 14.3 Å². The lowest BCUT2D eigenvalue weighted by Gasteiger charge is -2.18. The minimum absolute atomic E-state index is 0.0248. The lowest BCUT2D eigenvalue weighted by Crippen LogP contribution is -2.44. The summed E-state index contributed by atoms with van der Waals surface area (Å²) in [5.74, 6) is -1.10. The van der Waals surface area contributed by atoms with E-state index in [0.717, 1.165) is 22.3 Å². The van der Waals surface area contributed by atoms with Crippen molar-refractivity contribution >= 4 is 12.1 Å². The maximum absolute atomic E-state index is 12.2. The molecule has 0 aromatic heterocycles. The Bertz CT molecular complexity index is 804. The minimum atomic E-state index is -1.08. The van der Waals surface area contributed by atoms with Gasteiger partial charge in [-0.05, 0) is 28.7 Å². The molecule has 2 aromatic rings. The highest BCUT2D eigenvalue weighted by molar-refractivity contribution is 5.79. The van der Waals surface area contributed by atoms with Gasteiger partial charge in [-0.3, -0.25) is 0 Å². The van der Waals surface area contributed by atoms with E-state index in [0.29, 0.717) is 13.0 Å². The number of fused-ring (bicyclic) bond motifs is 3. The van der Waals surface area contributed by atoms with Crippen LogP contribution < -0.4 is 5.32 Å². The fourth-order valence-corrected chi connectivity index (χ4v) is 3.77. The van der Waals surface area contributed by atoms with Crippen molar-refractivity contribution in [2.24, 2.45) is 0 Å². The molecule has 2 unspecified atom stereocenters. The molecule has 2 N–H and O–H groups in total. The Morgan fingerprint density at radius 3 is 2.31 bits per heavy atom. The van der Waals surface area contributed by atoms with Crippen molar-refractivity contribution in [3.63, 3.8) is 0 Å². The summed E-state index contributed by atoms with van der Waals surface area (Å²) in [5, 5.41) is 11.7. The van der Waals surface area contributed by atoms with E-state index in [2.05, 4.69) is 17.4 Å². The van der Waals surface area contributed by atoms with Crippen molar-refractivity contribution in [1.29, 1.82) is 0 Å². The van der Waals surface area contributed by atoms with Crippen LogP contribution in [0.2, 0.25) is 0 Å². The van der Waals surface area contributed by atoms with Crippen LogP contribution in [0.15, 0.2) is 48.5 Å². The van der Waals surface area contributed by atoms with Crippen molar-refractivity contribution in [2.75, 3.05) is 13.2 Å². The molecule has 0 bridgehead atoms. The summed E-state index contributed by atoms with van der Waals surface area (Å²) in [6.07, 6.45) is -1.18. The molecule has 1 heterocycles. The van der Waals surface area contributed by atoms with Gasteiger partial charge in [0, 0.05) is 12.5 Å². The molecule has 0 spiro atoms. The first-order chi connectivity index (χ1) is 12.6. The minimum Gasteiger partial charge on any atom is -0.479 e. The van der Waals surface area contributed by atoms with Crippen LogP contribution in [0.1, 0.15) is 23.5 Å². The van der Waals surface area contributed by atoms with Gasteiger partial charge >= 0.3 is 12.1 Å². The van der Waals surface area contributed by atoms with Gasteiger partial charge in [-0.2, -0.15) is 0 Å². The molecule has 6 heteroatoms. The normalized spacial score (nSPS) is 21.1. The molecule has 26 heavy (non-hydrogen) atoms. The first kappa shape index (κ1) is 16.6. The van der Waals surface area contributed by atoms with Gasteiger partial charge in [0.2, 0.25) is 0 Å². The average Bonchev–Trinajstić information content (AvgIpc) is 3.23. The van der Waals surface area contributed by atoms with Crippen LogP contribution in [0, 0.1) is 0 Å². The van der Waals surface area contributed by atoms with Crippen LogP contribution >= 0.6 is 0 Å². The quantitative estimate of drug-likeness (QED) is 0.883. The highest BCUT2D eigenvalue weighted by Crippen LogP contribution is 2.44. The van der Waals surface area contributed by atoms with Gasteiger partial charge in [0.1, 0.15) is 6.61 Å². The first-order valence-electron chi connectivity index (χ1n) is 8.61. The Labute approximate surface area is 150 Å². The van der Waals surface area contributed by atoms with E-state index in [4.69, 9.17) is 14.6 Å². The zero-order valence-electron chi connectivity index (χ0n) is 14.1. The molecule has 2 aromatic carbocycles. The Morgan fingerprint density at radius 2 is 1.69 bits per heavy atom. The lowest BCUT2D eigenvalue weighted by molar-refractivity contribution is -0.148. The molecular formula is C20H19NO5.